The number of carbonyl (C=O) groups excluding carboxylic acids is 1. The van der Waals surface area contributed by atoms with Crippen LogP contribution in [0, 0.1) is 5.82 Å². The first-order valence-corrected chi connectivity index (χ1v) is 9.03. The first-order chi connectivity index (χ1) is 13.1. The second kappa shape index (κ2) is 7.64. The van der Waals surface area contributed by atoms with Crippen LogP contribution in [0.2, 0.25) is 0 Å². The summed E-state index contributed by atoms with van der Waals surface area (Å²) in [6.07, 6.45) is -0.830. The molecule has 2 aliphatic heterocycles. The minimum absolute atomic E-state index is 0.0807. The van der Waals surface area contributed by atoms with Crippen LogP contribution in [0.5, 0.6) is 0 Å². The normalized spacial score (nSPS) is 20.6. The summed E-state index contributed by atoms with van der Waals surface area (Å²) < 4.78 is 19.7. The first-order valence-electron chi connectivity index (χ1n) is 9.03. The molecule has 2 aromatic carbocycles. The number of nitrogens with two attached hydrogens (primary N) is 1. The van der Waals surface area contributed by atoms with Crippen LogP contribution in [0.25, 0.3) is 0 Å². The van der Waals surface area contributed by atoms with Crippen molar-refractivity contribution >= 4 is 11.8 Å². The zero-order chi connectivity index (χ0) is 18.8. The van der Waals surface area contributed by atoms with E-state index in [1.54, 1.807) is 12.1 Å². The standard InChI is InChI=1S/C20H22FN3O3/c21-19-8-16(24-12-17(9-22)27-20(24)25)6-7-18(19)15-10-23(11-15)26-13-14-4-2-1-3-5-14/h1-8,15,17H,9-13,22H2. The van der Waals surface area contributed by atoms with Crippen molar-refractivity contribution in [3.8, 4) is 0 Å². The van der Waals surface area contributed by atoms with E-state index in [-0.39, 0.29) is 24.4 Å². The summed E-state index contributed by atoms with van der Waals surface area (Å²) in [5.41, 5.74) is 7.77. The second-order valence-electron chi connectivity index (χ2n) is 6.86. The van der Waals surface area contributed by atoms with Crippen molar-refractivity contribution in [3.05, 3.63) is 65.5 Å². The van der Waals surface area contributed by atoms with Crippen molar-refractivity contribution in [1.29, 1.82) is 0 Å². The number of rotatable bonds is 6. The van der Waals surface area contributed by atoms with Crippen LogP contribution in [0.15, 0.2) is 48.5 Å². The SMILES string of the molecule is NCC1CN(c2ccc(C3CN(OCc4ccccc4)C3)c(F)c2)C(=O)O1. The molecular formula is C20H22FN3O3. The van der Waals surface area contributed by atoms with Crippen LogP contribution < -0.4 is 10.6 Å². The lowest BCUT2D eigenvalue weighted by Gasteiger charge is -2.38. The van der Waals surface area contributed by atoms with Crippen LogP contribution in [0.4, 0.5) is 14.9 Å². The van der Waals surface area contributed by atoms with Gasteiger partial charge in [0.25, 0.3) is 0 Å². The molecule has 2 aromatic rings. The summed E-state index contributed by atoms with van der Waals surface area (Å²) in [6, 6.07) is 14.8. The summed E-state index contributed by atoms with van der Waals surface area (Å²) in [5.74, 6) is -0.235. The quantitative estimate of drug-likeness (QED) is 0.846. The maximum Gasteiger partial charge on any atom is 0.414 e. The van der Waals surface area contributed by atoms with Gasteiger partial charge >= 0.3 is 6.09 Å². The number of hydrogen-bond donors (Lipinski definition) is 1. The Kier molecular flexibility index (Phi) is 5.07. The van der Waals surface area contributed by atoms with Crippen molar-refractivity contribution in [3.63, 3.8) is 0 Å². The van der Waals surface area contributed by atoms with Gasteiger partial charge in [-0.2, -0.15) is 5.06 Å². The molecule has 2 aliphatic rings. The Balaban J connectivity index is 1.34. The van der Waals surface area contributed by atoms with Gasteiger partial charge < -0.3 is 10.5 Å². The maximum atomic E-state index is 14.6. The molecule has 0 spiro atoms. The number of carbonyl (C=O) groups is 1. The van der Waals surface area contributed by atoms with E-state index in [9.17, 15) is 9.18 Å². The van der Waals surface area contributed by atoms with Gasteiger partial charge in [-0.05, 0) is 23.3 Å². The van der Waals surface area contributed by atoms with Gasteiger partial charge in [0, 0.05) is 25.6 Å². The number of hydroxylamine groups is 2. The molecular weight excluding hydrogens is 349 g/mol. The van der Waals surface area contributed by atoms with Crippen molar-refractivity contribution in [2.24, 2.45) is 5.73 Å². The van der Waals surface area contributed by atoms with Gasteiger partial charge in [0.05, 0.1) is 18.8 Å². The highest BCUT2D eigenvalue weighted by Crippen LogP contribution is 2.32. The van der Waals surface area contributed by atoms with Crippen molar-refractivity contribution in [2.75, 3.05) is 31.1 Å². The molecule has 6 nitrogen and oxygen atoms in total. The lowest BCUT2D eigenvalue weighted by Crippen LogP contribution is -2.44. The number of amides is 1. The van der Waals surface area contributed by atoms with Crippen LogP contribution in [-0.2, 0) is 16.2 Å². The van der Waals surface area contributed by atoms with Crippen molar-refractivity contribution in [2.45, 2.75) is 18.6 Å². The molecule has 0 radical (unpaired) electrons. The monoisotopic (exact) mass is 371 g/mol. The average Bonchev–Trinajstić information content (AvgIpc) is 3.03. The van der Waals surface area contributed by atoms with Gasteiger partial charge in [0.2, 0.25) is 0 Å². The highest BCUT2D eigenvalue weighted by molar-refractivity contribution is 5.89. The molecule has 2 fully saturated rings. The number of cyclic esters (lactones) is 1. The number of anilines is 1. The zero-order valence-corrected chi connectivity index (χ0v) is 14.9. The molecule has 0 aliphatic carbocycles. The van der Waals surface area contributed by atoms with Crippen molar-refractivity contribution < 1.29 is 18.8 Å². The lowest BCUT2D eigenvalue weighted by molar-refractivity contribution is -0.214. The number of benzene rings is 2. The van der Waals surface area contributed by atoms with Crippen LogP contribution in [-0.4, -0.2) is 43.4 Å². The van der Waals surface area contributed by atoms with Crippen molar-refractivity contribution in [1.82, 2.24) is 5.06 Å². The fraction of sp³-hybridized carbons (Fsp3) is 0.350. The number of hydrogen-bond acceptors (Lipinski definition) is 5. The Bertz CT molecular complexity index is 811. The summed E-state index contributed by atoms with van der Waals surface area (Å²) in [5, 5.41) is 1.84. The molecule has 0 saturated carbocycles. The molecule has 2 saturated heterocycles. The topological polar surface area (TPSA) is 68.0 Å². The van der Waals surface area contributed by atoms with E-state index in [4.69, 9.17) is 15.3 Å². The summed E-state index contributed by atoms with van der Waals surface area (Å²) >= 11 is 0. The second-order valence-corrected chi connectivity index (χ2v) is 6.86. The zero-order valence-electron chi connectivity index (χ0n) is 14.9. The Morgan fingerprint density at radius 3 is 2.59 bits per heavy atom. The lowest BCUT2D eigenvalue weighted by atomic mass is 9.92. The van der Waals surface area contributed by atoms with Crippen LogP contribution in [0.1, 0.15) is 17.0 Å². The number of nitrogens with zero attached hydrogens (tertiary/aromatic N) is 2. The van der Waals surface area contributed by atoms with Gasteiger partial charge in [-0.15, -0.1) is 0 Å². The largest absolute Gasteiger partial charge is 0.443 e. The molecule has 1 amide bonds. The maximum absolute atomic E-state index is 14.6. The number of ether oxygens (including phenoxy) is 1. The summed E-state index contributed by atoms with van der Waals surface area (Å²) in [6.45, 7) is 2.39. The van der Waals surface area contributed by atoms with Crippen LogP contribution in [0.3, 0.4) is 0 Å². The van der Waals surface area contributed by atoms with E-state index in [1.165, 1.54) is 11.0 Å². The Morgan fingerprint density at radius 1 is 1.15 bits per heavy atom. The van der Waals surface area contributed by atoms with Gasteiger partial charge in [0.1, 0.15) is 11.9 Å². The van der Waals surface area contributed by atoms with E-state index >= 15 is 0 Å². The third-order valence-corrected chi connectivity index (χ3v) is 4.98. The van der Waals surface area contributed by atoms with E-state index < -0.39 is 6.09 Å². The van der Waals surface area contributed by atoms with E-state index in [0.29, 0.717) is 37.5 Å². The Morgan fingerprint density at radius 2 is 1.93 bits per heavy atom. The third kappa shape index (κ3) is 3.80. The Labute approximate surface area is 157 Å². The molecule has 0 bridgehead atoms. The van der Waals surface area contributed by atoms with Crippen LogP contribution >= 0.6 is 0 Å². The molecule has 2 N–H and O–H groups in total. The predicted molar refractivity (Wildman–Crippen MR) is 98.6 cm³/mol. The molecule has 7 heteroatoms. The molecule has 142 valence electrons. The molecule has 0 aromatic heterocycles. The minimum atomic E-state index is -0.485. The number of halogens is 1. The summed E-state index contributed by atoms with van der Waals surface area (Å²) in [4.78, 5) is 19.0. The van der Waals surface area contributed by atoms with Gasteiger partial charge in [0.15, 0.2) is 0 Å². The molecule has 2 heterocycles. The highest BCUT2D eigenvalue weighted by Gasteiger charge is 2.34. The Hall–Kier alpha value is -2.48. The van der Waals surface area contributed by atoms with Gasteiger partial charge in [-0.25, -0.2) is 9.18 Å². The van der Waals surface area contributed by atoms with Gasteiger partial charge in [-0.3, -0.25) is 9.74 Å². The van der Waals surface area contributed by atoms with E-state index in [0.717, 1.165) is 5.56 Å². The van der Waals surface area contributed by atoms with E-state index in [1.807, 2.05) is 35.4 Å². The third-order valence-electron chi connectivity index (χ3n) is 4.98. The highest BCUT2D eigenvalue weighted by atomic mass is 19.1. The molecule has 1 atom stereocenters. The average molecular weight is 371 g/mol. The predicted octanol–water partition coefficient (Wildman–Crippen LogP) is 2.64. The minimum Gasteiger partial charge on any atom is -0.443 e. The van der Waals surface area contributed by atoms with Gasteiger partial charge in [-0.1, -0.05) is 36.4 Å². The molecule has 27 heavy (non-hydrogen) atoms. The first kappa shape index (κ1) is 17.9. The summed E-state index contributed by atoms with van der Waals surface area (Å²) in [7, 11) is 0. The smallest absolute Gasteiger partial charge is 0.414 e. The molecule has 1 unspecified atom stereocenters. The molecule has 4 rings (SSSR count). The fourth-order valence-corrected chi connectivity index (χ4v) is 3.35. The fourth-order valence-electron chi connectivity index (χ4n) is 3.35. The van der Waals surface area contributed by atoms with E-state index in [2.05, 4.69) is 0 Å².